The van der Waals surface area contributed by atoms with Crippen molar-refractivity contribution in [2.45, 2.75) is 33.2 Å². The SMILES string of the molecule is Cc1ccc2c(c1)NC(C)(C)c1sn(-c3ccc(C)c(Cl)c3)c(=S)c1-2. The quantitative estimate of drug-likeness (QED) is 0.459. The Balaban J connectivity index is 2.00. The van der Waals surface area contributed by atoms with Crippen molar-refractivity contribution in [3.8, 4) is 16.8 Å². The molecule has 1 aliphatic heterocycles. The largest absolute Gasteiger partial charge is 0.375 e. The van der Waals surface area contributed by atoms with E-state index in [9.17, 15) is 0 Å². The Kier molecular flexibility index (Phi) is 3.83. The first kappa shape index (κ1) is 16.8. The number of benzene rings is 2. The summed E-state index contributed by atoms with van der Waals surface area (Å²) in [7, 11) is 0. The predicted molar refractivity (Wildman–Crippen MR) is 111 cm³/mol. The van der Waals surface area contributed by atoms with Crippen molar-refractivity contribution in [1.82, 2.24) is 3.96 Å². The molecule has 4 rings (SSSR count). The monoisotopic (exact) mass is 386 g/mol. The molecule has 0 fully saturated rings. The molecule has 1 aromatic heterocycles. The van der Waals surface area contributed by atoms with Gasteiger partial charge in [-0.25, -0.2) is 0 Å². The van der Waals surface area contributed by atoms with Gasteiger partial charge in [-0.15, -0.1) is 0 Å². The molecule has 2 aromatic carbocycles. The van der Waals surface area contributed by atoms with Crippen molar-refractivity contribution in [3.05, 3.63) is 62.1 Å². The lowest BCUT2D eigenvalue weighted by Gasteiger charge is -2.33. The molecule has 1 N–H and O–H groups in total. The Hall–Kier alpha value is -1.62. The molecule has 0 aliphatic carbocycles. The van der Waals surface area contributed by atoms with Gasteiger partial charge in [-0.3, -0.25) is 3.96 Å². The molecular weight excluding hydrogens is 368 g/mol. The van der Waals surface area contributed by atoms with E-state index in [0.29, 0.717) is 0 Å². The second kappa shape index (κ2) is 5.70. The molecule has 0 atom stereocenters. The average Bonchev–Trinajstić information content (AvgIpc) is 2.88. The van der Waals surface area contributed by atoms with Crippen molar-refractivity contribution in [3.63, 3.8) is 0 Å². The highest BCUT2D eigenvalue weighted by Gasteiger charge is 2.34. The number of aryl methyl sites for hydroxylation is 2. The maximum atomic E-state index is 6.34. The number of anilines is 1. The molecule has 0 amide bonds. The second-order valence-electron chi connectivity index (χ2n) is 7.13. The molecule has 2 nitrogen and oxygen atoms in total. The van der Waals surface area contributed by atoms with Gasteiger partial charge in [-0.2, -0.15) is 0 Å². The van der Waals surface area contributed by atoms with Crippen LogP contribution in [-0.4, -0.2) is 3.96 Å². The minimum Gasteiger partial charge on any atom is -0.375 e. The molecule has 0 radical (unpaired) electrons. The molecule has 0 spiro atoms. The van der Waals surface area contributed by atoms with E-state index >= 15 is 0 Å². The summed E-state index contributed by atoms with van der Waals surface area (Å²) in [5.74, 6) is 0. The van der Waals surface area contributed by atoms with Crippen LogP contribution < -0.4 is 5.32 Å². The topological polar surface area (TPSA) is 17.0 Å². The van der Waals surface area contributed by atoms with E-state index in [0.717, 1.165) is 32.2 Å². The number of nitrogens with zero attached hydrogens (tertiary/aromatic N) is 1. The first-order chi connectivity index (χ1) is 11.8. The Labute approximate surface area is 162 Å². The van der Waals surface area contributed by atoms with E-state index in [2.05, 4.69) is 54.3 Å². The Morgan fingerprint density at radius 1 is 1.12 bits per heavy atom. The number of nitrogens with one attached hydrogen (secondary N) is 1. The average molecular weight is 387 g/mol. The van der Waals surface area contributed by atoms with Crippen LogP contribution >= 0.6 is 35.4 Å². The number of fused-ring (bicyclic) bond motifs is 3. The maximum absolute atomic E-state index is 6.34. The number of rotatable bonds is 1. The fourth-order valence-electron chi connectivity index (χ4n) is 3.29. The summed E-state index contributed by atoms with van der Waals surface area (Å²) < 4.78 is 2.96. The fraction of sp³-hybridized carbons (Fsp3) is 0.250. The third kappa shape index (κ3) is 2.64. The molecule has 3 aromatic rings. The van der Waals surface area contributed by atoms with Crippen LogP contribution in [0.15, 0.2) is 36.4 Å². The summed E-state index contributed by atoms with van der Waals surface area (Å²) in [5, 5.41) is 4.43. The molecule has 0 unspecified atom stereocenters. The van der Waals surface area contributed by atoms with Crippen molar-refractivity contribution in [2.24, 2.45) is 0 Å². The van der Waals surface area contributed by atoms with Gasteiger partial charge in [0.25, 0.3) is 0 Å². The van der Waals surface area contributed by atoms with E-state index in [1.54, 1.807) is 11.5 Å². The predicted octanol–water partition coefficient (Wildman–Crippen LogP) is 6.87. The highest BCUT2D eigenvalue weighted by atomic mass is 35.5. The first-order valence-corrected chi connectivity index (χ1v) is 9.76. The highest BCUT2D eigenvalue weighted by molar-refractivity contribution is 7.71. The van der Waals surface area contributed by atoms with Gasteiger partial charge in [0, 0.05) is 21.8 Å². The summed E-state index contributed by atoms with van der Waals surface area (Å²) in [4.78, 5) is 1.26. The smallest absolute Gasteiger partial charge is 0.129 e. The van der Waals surface area contributed by atoms with E-state index in [4.69, 9.17) is 23.8 Å². The van der Waals surface area contributed by atoms with Crippen LogP contribution in [-0.2, 0) is 5.54 Å². The molecule has 0 bridgehead atoms. The van der Waals surface area contributed by atoms with E-state index in [-0.39, 0.29) is 5.54 Å². The Morgan fingerprint density at radius 3 is 2.60 bits per heavy atom. The van der Waals surface area contributed by atoms with Crippen molar-refractivity contribution >= 4 is 41.0 Å². The third-order valence-electron chi connectivity index (χ3n) is 4.66. The van der Waals surface area contributed by atoms with Crippen LogP contribution in [0.5, 0.6) is 0 Å². The molecule has 2 heterocycles. The Bertz CT molecular complexity index is 1060. The van der Waals surface area contributed by atoms with Gasteiger partial charge < -0.3 is 5.32 Å². The number of aromatic nitrogens is 1. The molecule has 0 saturated carbocycles. The summed E-state index contributed by atoms with van der Waals surface area (Å²) in [5.41, 5.74) is 6.65. The molecule has 1 aliphatic rings. The number of hydrogen-bond donors (Lipinski definition) is 1. The van der Waals surface area contributed by atoms with Gasteiger partial charge in [0.2, 0.25) is 0 Å². The van der Waals surface area contributed by atoms with Gasteiger partial charge in [-0.1, -0.05) is 53.6 Å². The first-order valence-electron chi connectivity index (χ1n) is 8.20. The van der Waals surface area contributed by atoms with E-state index < -0.39 is 0 Å². The van der Waals surface area contributed by atoms with Gasteiger partial charge in [0.1, 0.15) is 4.64 Å². The maximum Gasteiger partial charge on any atom is 0.129 e. The summed E-state index contributed by atoms with van der Waals surface area (Å²) in [6.07, 6.45) is 0. The number of hydrogen-bond acceptors (Lipinski definition) is 3. The van der Waals surface area contributed by atoms with Crippen LogP contribution in [0.2, 0.25) is 5.02 Å². The van der Waals surface area contributed by atoms with Crippen LogP contribution in [0.1, 0.15) is 29.9 Å². The van der Waals surface area contributed by atoms with Crippen LogP contribution in [0.3, 0.4) is 0 Å². The molecule has 0 saturated heterocycles. The highest BCUT2D eigenvalue weighted by Crippen LogP contribution is 2.47. The van der Waals surface area contributed by atoms with Crippen LogP contribution in [0.4, 0.5) is 5.69 Å². The zero-order chi connectivity index (χ0) is 17.9. The van der Waals surface area contributed by atoms with Gasteiger partial charge >= 0.3 is 0 Å². The van der Waals surface area contributed by atoms with Crippen molar-refractivity contribution in [2.75, 3.05) is 5.32 Å². The standard InChI is InChI=1S/C20H19ClN2S2/c1-11-5-8-14-16(9-11)22-20(3,4)18-17(14)19(24)23(25-18)13-7-6-12(2)15(21)10-13/h5-10,22H,1-4H3. The van der Waals surface area contributed by atoms with E-state index in [1.165, 1.54) is 16.0 Å². The van der Waals surface area contributed by atoms with Gasteiger partial charge in [-0.05, 0) is 57.0 Å². The zero-order valence-corrected chi connectivity index (χ0v) is 17.0. The van der Waals surface area contributed by atoms with Crippen molar-refractivity contribution in [1.29, 1.82) is 0 Å². The lowest BCUT2D eigenvalue weighted by molar-refractivity contribution is 0.620. The lowest BCUT2D eigenvalue weighted by Crippen LogP contribution is -2.30. The molecule has 128 valence electrons. The third-order valence-corrected chi connectivity index (χ3v) is 7.04. The number of halogens is 1. The minimum absolute atomic E-state index is 0.173. The van der Waals surface area contributed by atoms with Crippen molar-refractivity contribution < 1.29 is 0 Å². The fourth-order valence-corrected chi connectivity index (χ4v) is 5.11. The van der Waals surface area contributed by atoms with Gasteiger partial charge in [0.15, 0.2) is 0 Å². The zero-order valence-electron chi connectivity index (χ0n) is 14.6. The Morgan fingerprint density at radius 2 is 1.88 bits per heavy atom. The summed E-state index contributed by atoms with van der Waals surface area (Å²) >= 11 is 13.9. The molecule has 25 heavy (non-hydrogen) atoms. The van der Waals surface area contributed by atoms with E-state index in [1.807, 2.05) is 19.1 Å². The van der Waals surface area contributed by atoms with Crippen LogP contribution in [0.25, 0.3) is 16.8 Å². The lowest BCUT2D eigenvalue weighted by atomic mass is 9.89. The molecular formula is C20H19ClN2S2. The molecule has 5 heteroatoms. The minimum atomic E-state index is -0.173. The normalized spacial score (nSPS) is 14.6. The van der Waals surface area contributed by atoms with Gasteiger partial charge in [0.05, 0.1) is 16.1 Å². The summed E-state index contributed by atoms with van der Waals surface area (Å²) in [6, 6.07) is 12.6. The van der Waals surface area contributed by atoms with Crippen LogP contribution in [0, 0.1) is 18.5 Å². The second-order valence-corrected chi connectivity index (χ2v) is 8.88. The summed E-state index contributed by atoms with van der Waals surface area (Å²) in [6.45, 7) is 8.53.